The minimum Gasteiger partial charge on any atom is -0.481 e. The van der Waals surface area contributed by atoms with E-state index >= 15 is 0 Å². The molecule has 2 amide bonds. The largest absolute Gasteiger partial charge is 0.481 e. The fourth-order valence-electron chi connectivity index (χ4n) is 4.05. The Balaban J connectivity index is 1.78. The zero-order chi connectivity index (χ0) is 24.7. The van der Waals surface area contributed by atoms with Crippen molar-refractivity contribution in [3.63, 3.8) is 0 Å². The normalized spacial score (nSPS) is 14.6. The minimum absolute atomic E-state index is 0.0570. The Morgan fingerprint density at radius 2 is 1.79 bits per heavy atom. The molecule has 7 nitrogen and oxygen atoms in total. The topological polar surface area (TPSA) is 90.0 Å². The maximum Gasteiger partial charge on any atom is 0.303 e. The number of hydrogen-bond acceptors (Lipinski definition) is 4. The zero-order valence-corrected chi connectivity index (χ0v) is 20.6. The monoisotopic (exact) mass is 505 g/mol. The Morgan fingerprint density at radius 3 is 2.47 bits per heavy atom. The third-order valence-corrected chi connectivity index (χ3v) is 6.69. The Hall–Kier alpha value is -2.61. The van der Waals surface area contributed by atoms with E-state index in [9.17, 15) is 14.4 Å². The predicted molar refractivity (Wildman–Crippen MR) is 133 cm³/mol. The second-order valence-corrected chi connectivity index (χ2v) is 9.34. The fourth-order valence-corrected chi connectivity index (χ4v) is 4.37. The van der Waals surface area contributed by atoms with Crippen LogP contribution in [-0.4, -0.2) is 59.4 Å². The molecule has 2 N–H and O–H groups in total. The lowest BCUT2D eigenvalue weighted by molar-refractivity contribution is -0.138. The summed E-state index contributed by atoms with van der Waals surface area (Å²) in [5, 5.41) is 12.4. The highest BCUT2D eigenvalue weighted by Gasteiger charge is 2.26. The first kappa shape index (κ1) is 26.0. The van der Waals surface area contributed by atoms with Gasteiger partial charge < -0.3 is 20.2 Å². The van der Waals surface area contributed by atoms with Gasteiger partial charge >= 0.3 is 5.97 Å². The highest BCUT2D eigenvalue weighted by Crippen LogP contribution is 2.27. The van der Waals surface area contributed by atoms with E-state index in [-0.39, 0.29) is 37.1 Å². The van der Waals surface area contributed by atoms with E-state index in [1.165, 1.54) is 0 Å². The number of carbonyl (C=O) groups is 3. The van der Waals surface area contributed by atoms with Gasteiger partial charge in [-0.05, 0) is 61.3 Å². The van der Waals surface area contributed by atoms with Gasteiger partial charge in [0.2, 0.25) is 11.8 Å². The van der Waals surface area contributed by atoms with Crippen LogP contribution in [0, 0.1) is 0 Å². The van der Waals surface area contributed by atoms with Gasteiger partial charge in [-0.15, -0.1) is 0 Å². The molecule has 1 fully saturated rings. The number of hydrogen-bond donors (Lipinski definition) is 2. The average Bonchev–Trinajstić information content (AvgIpc) is 3.31. The first-order valence-corrected chi connectivity index (χ1v) is 12.0. The summed E-state index contributed by atoms with van der Waals surface area (Å²) in [6, 6.07) is 12.3. The molecule has 1 saturated heterocycles. The molecule has 2 aromatic rings. The molecular weight excluding hydrogens is 477 g/mol. The molecule has 0 radical (unpaired) electrons. The van der Waals surface area contributed by atoms with E-state index < -0.39 is 5.97 Å². The second kappa shape index (κ2) is 12.2. The van der Waals surface area contributed by atoms with Crippen LogP contribution >= 0.6 is 23.2 Å². The molecule has 0 aromatic heterocycles. The summed E-state index contributed by atoms with van der Waals surface area (Å²) in [5.74, 6) is -1.44. The maximum atomic E-state index is 13.2. The summed E-state index contributed by atoms with van der Waals surface area (Å²) in [6.07, 6.45) is 2.13. The van der Waals surface area contributed by atoms with E-state index in [0.717, 1.165) is 37.1 Å². The van der Waals surface area contributed by atoms with Crippen LogP contribution in [0.5, 0.6) is 0 Å². The Bertz CT molecular complexity index is 1040. The van der Waals surface area contributed by atoms with Crippen LogP contribution in [0.2, 0.25) is 10.0 Å². The minimum atomic E-state index is -1.02. The van der Waals surface area contributed by atoms with Gasteiger partial charge in [-0.2, -0.15) is 0 Å². The number of nitrogens with zero attached hydrogens (tertiary/aromatic N) is 2. The molecule has 34 heavy (non-hydrogen) atoms. The number of likely N-dealkylation sites (tertiary alicyclic amines) is 1. The van der Waals surface area contributed by atoms with Crippen molar-refractivity contribution >= 4 is 46.7 Å². The number of likely N-dealkylation sites (N-methyl/N-ethyl adjacent to an activating group) is 1. The molecule has 2 aromatic carbocycles. The van der Waals surface area contributed by atoms with Gasteiger partial charge in [0, 0.05) is 25.7 Å². The molecule has 9 heteroatoms. The van der Waals surface area contributed by atoms with Crippen LogP contribution in [0.15, 0.2) is 42.5 Å². The van der Waals surface area contributed by atoms with Crippen LogP contribution in [0.4, 0.5) is 5.69 Å². The molecule has 1 heterocycles. The molecule has 0 bridgehead atoms. The molecule has 1 atom stereocenters. The number of carbonyl (C=O) groups excluding carboxylic acids is 2. The number of anilines is 1. The van der Waals surface area contributed by atoms with Gasteiger partial charge in [0.25, 0.3) is 0 Å². The molecule has 0 aliphatic carbocycles. The number of halogens is 2. The number of rotatable bonds is 10. The van der Waals surface area contributed by atoms with Crippen molar-refractivity contribution < 1.29 is 19.5 Å². The van der Waals surface area contributed by atoms with Crippen molar-refractivity contribution in [1.82, 2.24) is 9.80 Å². The summed E-state index contributed by atoms with van der Waals surface area (Å²) < 4.78 is 0. The number of benzene rings is 2. The van der Waals surface area contributed by atoms with Gasteiger partial charge in [0.05, 0.1) is 28.9 Å². The summed E-state index contributed by atoms with van der Waals surface area (Å²) in [7, 11) is 1.79. The predicted octanol–water partition coefficient (Wildman–Crippen LogP) is 4.63. The van der Waals surface area contributed by atoms with E-state index in [1.807, 2.05) is 18.2 Å². The van der Waals surface area contributed by atoms with E-state index in [1.54, 1.807) is 36.2 Å². The number of carboxylic acids is 1. The van der Waals surface area contributed by atoms with Crippen LogP contribution in [0.25, 0.3) is 0 Å². The van der Waals surface area contributed by atoms with Gasteiger partial charge in [0.15, 0.2) is 0 Å². The highest BCUT2D eigenvalue weighted by molar-refractivity contribution is 6.42. The number of nitrogens with one attached hydrogen (secondary N) is 1. The third kappa shape index (κ3) is 7.45. The Kier molecular flexibility index (Phi) is 9.33. The van der Waals surface area contributed by atoms with Crippen LogP contribution in [0.3, 0.4) is 0 Å². The molecular formula is C25H29Cl2N3O4. The standard InChI is InChI=1S/C25H29Cl2N3O4/c1-29(24(32)14-17-7-8-20(26)21(27)13-17)22(16-30-11-2-3-12-30)18-5-4-6-19(15-18)28-23(31)9-10-25(33)34/h4-8,13,15,22H,2-3,9-12,14,16H2,1H3,(H,28,31)(H,33,34)/t22-/m1/s1. The SMILES string of the molecule is CN(C(=O)Cc1ccc(Cl)c(Cl)c1)[C@H](CN1CCCC1)c1cccc(NC(=O)CCC(=O)O)c1. The zero-order valence-electron chi connectivity index (χ0n) is 19.1. The Morgan fingerprint density at radius 1 is 1.06 bits per heavy atom. The van der Waals surface area contributed by atoms with Crippen molar-refractivity contribution in [2.24, 2.45) is 0 Å². The third-order valence-electron chi connectivity index (χ3n) is 5.95. The molecule has 182 valence electrons. The maximum absolute atomic E-state index is 13.2. The summed E-state index contributed by atoms with van der Waals surface area (Å²) >= 11 is 12.1. The van der Waals surface area contributed by atoms with Gasteiger partial charge in [0.1, 0.15) is 0 Å². The van der Waals surface area contributed by atoms with Gasteiger partial charge in [-0.1, -0.05) is 41.4 Å². The van der Waals surface area contributed by atoms with Crippen LogP contribution < -0.4 is 5.32 Å². The fraction of sp³-hybridized carbons (Fsp3) is 0.400. The number of amides is 2. The van der Waals surface area contributed by atoms with Crippen molar-refractivity contribution in [3.8, 4) is 0 Å². The summed E-state index contributed by atoms with van der Waals surface area (Å²) in [5.41, 5.74) is 2.25. The molecule has 3 rings (SSSR count). The Labute approximate surface area is 209 Å². The molecule has 0 saturated carbocycles. The quantitative estimate of drug-likeness (QED) is 0.490. The molecule has 1 aliphatic heterocycles. The van der Waals surface area contributed by atoms with Gasteiger partial charge in [-0.25, -0.2) is 0 Å². The average molecular weight is 506 g/mol. The number of aliphatic carboxylic acids is 1. The first-order chi connectivity index (χ1) is 16.2. The van der Waals surface area contributed by atoms with Crippen molar-refractivity contribution in [3.05, 3.63) is 63.6 Å². The first-order valence-electron chi connectivity index (χ1n) is 11.3. The van der Waals surface area contributed by atoms with Crippen molar-refractivity contribution in [2.45, 2.75) is 38.1 Å². The lowest BCUT2D eigenvalue weighted by Gasteiger charge is -2.32. The van der Waals surface area contributed by atoms with Gasteiger partial charge in [-0.3, -0.25) is 14.4 Å². The molecule has 0 unspecified atom stereocenters. The van der Waals surface area contributed by atoms with E-state index in [4.69, 9.17) is 28.3 Å². The van der Waals surface area contributed by atoms with Crippen molar-refractivity contribution in [2.75, 3.05) is 32.0 Å². The summed E-state index contributed by atoms with van der Waals surface area (Å²) in [4.78, 5) is 40.1. The van der Waals surface area contributed by atoms with E-state index in [2.05, 4.69) is 10.2 Å². The molecule has 1 aliphatic rings. The smallest absolute Gasteiger partial charge is 0.303 e. The molecule has 0 spiro atoms. The van der Waals surface area contributed by atoms with Crippen LogP contribution in [-0.2, 0) is 20.8 Å². The summed E-state index contributed by atoms with van der Waals surface area (Å²) in [6.45, 7) is 2.65. The van der Waals surface area contributed by atoms with E-state index in [0.29, 0.717) is 22.3 Å². The highest BCUT2D eigenvalue weighted by atomic mass is 35.5. The second-order valence-electron chi connectivity index (χ2n) is 8.52. The van der Waals surface area contributed by atoms with Crippen molar-refractivity contribution in [1.29, 1.82) is 0 Å². The lowest BCUT2D eigenvalue weighted by Crippen LogP contribution is -2.39. The number of carboxylic acid groups (broad SMARTS) is 1. The lowest BCUT2D eigenvalue weighted by atomic mass is 10.0. The van der Waals surface area contributed by atoms with Crippen LogP contribution in [0.1, 0.15) is 42.9 Å².